The summed E-state index contributed by atoms with van der Waals surface area (Å²) in [5.74, 6) is -1.36. The van der Waals surface area contributed by atoms with E-state index in [1.54, 1.807) is 36.4 Å². The monoisotopic (exact) mass is 659 g/mol. The molecular formula is C35H8F7N7. The Labute approximate surface area is 271 Å². The quantitative estimate of drug-likeness (QED) is 0.197. The van der Waals surface area contributed by atoms with Crippen LogP contribution < -0.4 is 0 Å². The molecule has 232 valence electrons. The molecule has 2 aliphatic carbocycles. The molecule has 3 aromatic rings. The van der Waals surface area contributed by atoms with Crippen LogP contribution in [0.3, 0.4) is 0 Å². The number of hydrogen-bond donors (Lipinski definition) is 0. The van der Waals surface area contributed by atoms with E-state index >= 15 is 4.39 Å². The molecule has 0 unspecified atom stereocenters. The summed E-state index contributed by atoms with van der Waals surface area (Å²) in [6, 6.07) is 17.7. The third-order valence-electron chi connectivity index (χ3n) is 7.71. The van der Waals surface area contributed by atoms with Gasteiger partial charge < -0.3 is 0 Å². The first-order valence-electron chi connectivity index (χ1n) is 13.3. The van der Waals surface area contributed by atoms with Crippen molar-refractivity contribution < 1.29 is 30.7 Å². The molecule has 14 heteroatoms. The molecule has 0 radical (unpaired) electrons. The van der Waals surface area contributed by atoms with Gasteiger partial charge >= 0.3 is 12.4 Å². The van der Waals surface area contributed by atoms with Gasteiger partial charge in [-0.1, -0.05) is 18.2 Å². The second kappa shape index (κ2) is 11.7. The largest absolute Gasteiger partial charge is 0.417 e. The summed E-state index contributed by atoms with van der Waals surface area (Å²) in [5.41, 5.74) is -10.2. The molecule has 0 saturated carbocycles. The van der Waals surface area contributed by atoms with Crippen LogP contribution in [0.15, 0.2) is 59.7 Å². The fraction of sp³-hybridized carbons (Fsp3) is 0.0571. The van der Waals surface area contributed by atoms with Gasteiger partial charge in [0, 0.05) is 33.4 Å². The highest BCUT2D eigenvalue weighted by Crippen LogP contribution is 2.56. The predicted molar refractivity (Wildman–Crippen MR) is 155 cm³/mol. The van der Waals surface area contributed by atoms with Crippen molar-refractivity contribution in [2.45, 2.75) is 12.4 Å². The zero-order chi connectivity index (χ0) is 36.0. The van der Waals surface area contributed by atoms with Crippen molar-refractivity contribution >= 4 is 33.4 Å². The predicted octanol–water partition coefficient (Wildman–Crippen LogP) is 8.23. The van der Waals surface area contributed by atoms with Crippen LogP contribution in [0.1, 0.15) is 50.1 Å². The number of benzene rings is 3. The molecule has 0 amide bonds. The summed E-state index contributed by atoms with van der Waals surface area (Å²) in [6.45, 7) is 0. The fourth-order valence-electron chi connectivity index (χ4n) is 5.75. The summed E-state index contributed by atoms with van der Waals surface area (Å²) in [4.78, 5) is 0. The smallest absolute Gasteiger partial charge is 0.206 e. The molecule has 7 nitrogen and oxygen atoms in total. The number of hydrogen-bond acceptors (Lipinski definition) is 7. The van der Waals surface area contributed by atoms with Crippen LogP contribution >= 0.6 is 0 Å². The van der Waals surface area contributed by atoms with E-state index in [-0.39, 0.29) is 16.7 Å². The summed E-state index contributed by atoms with van der Waals surface area (Å²) < 4.78 is 98.6. The summed E-state index contributed by atoms with van der Waals surface area (Å²) >= 11 is 0. The maximum Gasteiger partial charge on any atom is 0.417 e. The third-order valence-corrected chi connectivity index (χ3v) is 7.71. The molecule has 0 atom stereocenters. The van der Waals surface area contributed by atoms with Gasteiger partial charge in [0.05, 0.1) is 33.9 Å². The van der Waals surface area contributed by atoms with Gasteiger partial charge in [0.2, 0.25) is 0 Å². The zero-order valence-electron chi connectivity index (χ0n) is 23.9. The van der Waals surface area contributed by atoms with E-state index in [1.807, 2.05) is 0 Å². The molecular weight excluding hydrogens is 651 g/mol. The SMILES string of the molecule is N#CC(C#N)=C1C(c2ccc(C(F)(F)F)cc2)=C(C#N)c2c1cc1c(c2F)C(C#N)=C(c2ccc(C#N)c(C(F)(F)F)c2)C1=C(C#N)C#N. The van der Waals surface area contributed by atoms with Crippen LogP contribution in [0.4, 0.5) is 30.7 Å². The highest BCUT2D eigenvalue weighted by molar-refractivity contribution is 6.30. The molecule has 0 bridgehead atoms. The first kappa shape index (κ1) is 32.9. The van der Waals surface area contributed by atoms with Crippen molar-refractivity contribution in [2.75, 3.05) is 0 Å². The average molecular weight is 659 g/mol. The molecule has 0 fully saturated rings. The van der Waals surface area contributed by atoms with E-state index in [9.17, 15) is 63.2 Å². The summed E-state index contributed by atoms with van der Waals surface area (Å²) in [6.07, 6.45) is -9.83. The molecule has 0 saturated heterocycles. The second-order valence-corrected chi connectivity index (χ2v) is 10.2. The normalized spacial score (nSPS) is 13.2. The van der Waals surface area contributed by atoms with Crippen molar-refractivity contribution in [3.63, 3.8) is 0 Å². The Hall–Kier alpha value is -7.44. The number of nitrogens with zero attached hydrogens (tertiary/aromatic N) is 7. The van der Waals surface area contributed by atoms with E-state index in [1.165, 1.54) is 6.07 Å². The van der Waals surface area contributed by atoms with Gasteiger partial charge in [0.25, 0.3) is 0 Å². The van der Waals surface area contributed by atoms with Crippen molar-refractivity contribution in [2.24, 2.45) is 0 Å². The number of rotatable bonds is 2. The lowest BCUT2D eigenvalue weighted by molar-refractivity contribution is -0.138. The lowest BCUT2D eigenvalue weighted by Crippen LogP contribution is -2.08. The lowest BCUT2D eigenvalue weighted by Gasteiger charge is -2.14. The van der Waals surface area contributed by atoms with Gasteiger partial charge in [-0.3, -0.25) is 0 Å². The van der Waals surface area contributed by atoms with Crippen LogP contribution in [0.2, 0.25) is 0 Å². The van der Waals surface area contributed by atoms with Gasteiger partial charge in [0.1, 0.15) is 53.4 Å². The minimum absolute atomic E-state index is 0.127. The Morgan fingerprint density at radius 3 is 1.37 bits per heavy atom. The number of fused-ring (bicyclic) bond motifs is 2. The van der Waals surface area contributed by atoms with Crippen molar-refractivity contribution in [3.05, 3.63) is 116 Å². The van der Waals surface area contributed by atoms with Gasteiger partial charge in [0.15, 0.2) is 0 Å². The van der Waals surface area contributed by atoms with Gasteiger partial charge in [-0.2, -0.15) is 63.2 Å². The summed E-state index contributed by atoms with van der Waals surface area (Å²) in [7, 11) is 0. The molecule has 2 aliphatic rings. The van der Waals surface area contributed by atoms with Crippen LogP contribution in [-0.4, -0.2) is 0 Å². The molecule has 0 aromatic heterocycles. The van der Waals surface area contributed by atoms with Crippen molar-refractivity contribution in [1.82, 2.24) is 0 Å². The Bertz CT molecular complexity index is 2450. The van der Waals surface area contributed by atoms with Gasteiger partial charge in [-0.05, 0) is 52.6 Å². The highest BCUT2D eigenvalue weighted by atomic mass is 19.4. The number of alkyl halides is 6. The standard InChI is InChI=1S/C35H8F7N7/c36-33-31-22(29(19(10-44)11-45)27(24(31)14-48)16-3-5-21(6-4-16)34(37,38)39)8-23-30(20(12-46)13-47)28(25(15-49)32(23)33)17-1-2-18(9-43)26(7-17)35(40,41)42/h1-8H. The second-order valence-electron chi connectivity index (χ2n) is 10.2. The molecule has 5 rings (SSSR count). The Kier molecular flexibility index (Phi) is 7.89. The average Bonchev–Trinajstić information content (AvgIpc) is 3.58. The lowest BCUT2D eigenvalue weighted by atomic mass is 9.88. The first-order chi connectivity index (χ1) is 23.2. The molecule has 3 aromatic carbocycles. The van der Waals surface area contributed by atoms with Crippen LogP contribution in [-0.2, 0) is 12.4 Å². The first-order valence-corrected chi connectivity index (χ1v) is 13.3. The minimum atomic E-state index is -5.07. The van der Waals surface area contributed by atoms with Crippen molar-refractivity contribution in [3.8, 4) is 42.5 Å². The maximum absolute atomic E-state index is 16.9. The Balaban J connectivity index is 1.95. The number of allylic oxidation sites excluding steroid dienone is 8. The minimum Gasteiger partial charge on any atom is -0.206 e. The Morgan fingerprint density at radius 2 is 0.980 bits per heavy atom. The topological polar surface area (TPSA) is 167 Å². The molecule has 0 aliphatic heterocycles. The van der Waals surface area contributed by atoms with Gasteiger partial charge in [-0.15, -0.1) is 0 Å². The van der Waals surface area contributed by atoms with E-state index in [4.69, 9.17) is 0 Å². The fourth-order valence-corrected chi connectivity index (χ4v) is 5.75. The zero-order valence-corrected chi connectivity index (χ0v) is 23.9. The van der Waals surface area contributed by atoms with Crippen LogP contribution in [0.25, 0.3) is 33.4 Å². The van der Waals surface area contributed by atoms with Crippen LogP contribution in [0.5, 0.6) is 0 Å². The maximum atomic E-state index is 16.9. The van der Waals surface area contributed by atoms with E-state index in [0.717, 1.165) is 30.3 Å². The van der Waals surface area contributed by atoms with E-state index in [2.05, 4.69) is 0 Å². The number of halogens is 7. The van der Waals surface area contributed by atoms with Gasteiger partial charge in [-0.25, -0.2) is 4.39 Å². The molecule has 0 N–H and O–H groups in total. The molecule has 49 heavy (non-hydrogen) atoms. The van der Waals surface area contributed by atoms with E-state index < -0.39 is 96.1 Å². The number of nitriles is 7. The van der Waals surface area contributed by atoms with Crippen molar-refractivity contribution in [1.29, 1.82) is 36.8 Å². The third kappa shape index (κ3) is 5.02. The Morgan fingerprint density at radius 1 is 0.531 bits per heavy atom. The highest BCUT2D eigenvalue weighted by Gasteiger charge is 2.42. The van der Waals surface area contributed by atoms with E-state index in [0.29, 0.717) is 18.2 Å². The molecule has 0 spiro atoms. The van der Waals surface area contributed by atoms with Crippen LogP contribution in [0, 0.1) is 85.1 Å². The molecule has 0 heterocycles. The summed E-state index contributed by atoms with van der Waals surface area (Å²) in [5, 5.41) is 69.1.